The van der Waals surface area contributed by atoms with Gasteiger partial charge in [-0.3, -0.25) is 0 Å². The van der Waals surface area contributed by atoms with Gasteiger partial charge < -0.3 is 9.80 Å². The van der Waals surface area contributed by atoms with Crippen LogP contribution in [0.25, 0.3) is 0 Å². The molecule has 2 fully saturated rings. The lowest BCUT2D eigenvalue weighted by atomic mass is 9.75. The molecule has 1 spiro atoms. The molecule has 0 aromatic carbocycles. The second kappa shape index (κ2) is 5.92. The third-order valence-corrected chi connectivity index (χ3v) is 5.09. The van der Waals surface area contributed by atoms with Crippen molar-refractivity contribution in [2.24, 2.45) is 5.41 Å². The van der Waals surface area contributed by atoms with Gasteiger partial charge in [-0.1, -0.05) is 6.42 Å². The molecule has 0 aliphatic carbocycles. The maximum absolute atomic E-state index is 2.73. The van der Waals surface area contributed by atoms with Crippen molar-refractivity contribution in [3.05, 3.63) is 0 Å². The number of likely N-dealkylation sites (tertiary alicyclic amines) is 2. The van der Waals surface area contributed by atoms with Crippen LogP contribution >= 0.6 is 0 Å². The Balaban J connectivity index is 2.07. The summed E-state index contributed by atoms with van der Waals surface area (Å²) in [5.74, 6) is 0. The largest absolute Gasteiger partial charge is 0.300 e. The molecule has 2 aliphatic rings. The van der Waals surface area contributed by atoms with E-state index in [1.54, 1.807) is 0 Å². The van der Waals surface area contributed by atoms with E-state index in [4.69, 9.17) is 0 Å². The fourth-order valence-corrected chi connectivity index (χ4v) is 3.86. The van der Waals surface area contributed by atoms with Crippen LogP contribution in [0.4, 0.5) is 0 Å². The van der Waals surface area contributed by atoms with Gasteiger partial charge in [0.1, 0.15) is 0 Å². The lowest BCUT2D eigenvalue weighted by Gasteiger charge is -2.46. The molecule has 2 heteroatoms. The fourth-order valence-electron chi connectivity index (χ4n) is 3.86. The Labute approximate surface area is 114 Å². The van der Waals surface area contributed by atoms with Gasteiger partial charge >= 0.3 is 0 Å². The van der Waals surface area contributed by atoms with Crippen LogP contribution in [-0.4, -0.2) is 48.1 Å². The third kappa shape index (κ3) is 3.27. The average molecular weight is 252 g/mol. The molecule has 18 heavy (non-hydrogen) atoms. The van der Waals surface area contributed by atoms with Crippen LogP contribution in [0.3, 0.4) is 0 Å². The summed E-state index contributed by atoms with van der Waals surface area (Å²) in [7, 11) is 0. The van der Waals surface area contributed by atoms with E-state index >= 15 is 0 Å². The van der Waals surface area contributed by atoms with E-state index in [9.17, 15) is 0 Å². The van der Waals surface area contributed by atoms with Gasteiger partial charge in [-0.05, 0) is 71.9 Å². The SMILES string of the molecule is CC(C)N1CCCCC2(CCCN(C(C)C)C2)C1. The first-order valence-corrected chi connectivity index (χ1v) is 8.00. The highest BCUT2D eigenvalue weighted by Gasteiger charge is 2.38. The van der Waals surface area contributed by atoms with Gasteiger partial charge in [-0.25, -0.2) is 0 Å². The molecule has 2 heterocycles. The van der Waals surface area contributed by atoms with Gasteiger partial charge in [-0.2, -0.15) is 0 Å². The first-order chi connectivity index (χ1) is 8.52. The van der Waals surface area contributed by atoms with Crippen molar-refractivity contribution in [2.45, 2.75) is 71.9 Å². The van der Waals surface area contributed by atoms with Gasteiger partial charge in [0.25, 0.3) is 0 Å². The molecule has 0 aromatic rings. The van der Waals surface area contributed by atoms with Gasteiger partial charge in [-0.15, -0.1) is 0 Å². The fraction of sp³-hybridized carbons (Fsp3) is 1.00. The molecule has 0 amide bonds. The monoisotopic (exact) mass is 252 g/mol. The predicted molar refractivity (Wildman–Crippen MR) is 78.9 cm³/mol. The summed E-state index contributed by atoms with van der Waals surface area (Å²) in [6, 6.07) is 1.44. The van der Waals surface area contributed by atoms with Gasteiger partial charge in [0.15, 0.2) is 0 Å². The van der Waals surface area contributed by atoms with Crippen molar-refractivity contribution < 1.29 is 0 Å². The van der Waals surface area contributed by atoms with E-state index in [-0.39, 0.29) is 0 Å². The smallest absolute Gasteiger partial charge is 0.00529 e. The average Bonchev–Trinajstić information content (AvgIpc) is 2.52. The van der Waals surface area contributed by atoms with Crippen molar-refractivity contribution in [3.8, 4) is 0 Å². The Morgan fingerprint density at radius 2 is 1.22 bits per heavy atom. The normalized spacial score (nSPS) is 32.3. The molecule has 0 saturated carbocycles. The first-order valence-electron chi connectivity index (χ1n) is 8.00. The number of rotatable bonds is 2. The summed E-state index contributed by atoms with van der Waals surface area (Å²) in [5, 5.41) is 0. The Morgan fingerprint density at radius 1 is 0.722 bits per heavy atom. The molecule has 2 aliphatic heterocycles. The molecule has 0 aromatic heterocycles. The van der Waals surface area contributed by atoms with Crippen molar-refractivity contribution in [1.82, 2.24) is 9.80 Å². The number of piperidine rings is 1. The second-order valence-electron chi connectivity index (χ2n) is 7.19. The quantitative estimate of drug-likeness (QED) is 0.743. The van der Waals surface area contributed by atoms with E-state index < -0.39 is 0 Å². The summed E-state index contributed by atoms with van der Waals surface area (Å²) in [4.78, 5) is 5.45. The molecule has 2 nitrogen and oxygen atoms in total. The summed E-state index contributed by atoms with van der Waals surface area (Å²) in [5.41, 5.74) is 0.600. The highest BCUT2D eigenvalue weighted by molar-refractivity contribution is 4.92. The summed E-state index contributed by atoms with van der Waals surface area (Å²) >= 11 is 0. The minimum absolute atomic E-state index is 0.600. The van der Waals surface area contributed by atoms with E-state index in [0.29, 0.717) is 5.41 Å². The van der Waals surface area contributed by atoms with Crippen LogP contribution in [0, 0.1) is 5.41 Å². The van der Waals surface area contributed by atoms with E-state index in [1.165, 1.54) is 58.3 Å². The highest BCUT2D eigenvalue weighted by Crippen LogP contribution is 2.38. The van der Waals surface area contributed by atoms with Crippen LogP contribution in [-0.2, 0) is 0 Å². The maximum atomic E-state index is 2.73. The highest BCUT2D eigenvalue weighted by atomic mass is 15.2. The minimum atomic E-state index is 0.600. The molecular weight excluding hydrogens is 220 g/mol. The molecule has 1 atom stereocenters. The Bertz CT molecular complexity index is 262. The van der Waals surface area contributed by atoms with Gasteiger partial charge in [0.2, 0.25) is 0 Å². The summed E-state index contributed by atoms with van der Waals surface area (Å²) < 4.78 is 0. The lowest BCUT2D eigenvalue weighted by molar-refractivity contribution is 0.0300. The minimum Gasteiger partial charge on any atom is -0.300 e. The molecule has 0 N–H and O–H groups in total. The van der Waals surface area contributed by atoms with Crippen molar-refractivity contribution in [2.75, 3.05) is 26.2 Å². The molecule has 2 saturated heterocycles. The third-order valence-electron chi connectivity index (χ3n) is 5.09. The van der Waals surface area contributed by atoms with Crippen molar-refractivity contribution in [3.63, 3.8) is 0 Å². The Kier molecular flexibility index (Phi) is 4.71. The van der Waals surface area contributed by atoms with Crippen LogP contribution < -0.4 is 0 Å². The number of hydrogen-bond acceptors (Lipinski definition) is 2. The van der Waals surface area contributed by atoms with Crippen LogP contribution in [0.2, 0.25) is 0 Å². The Hall–Kier alpha value is -0.0800. The van der Waals surface area contributed by atoms with Crippen LogP contribution in [0.5, 0.6) is 0 Å². The number of nitrogens with zero attached hydrogens (tertiary/aromatic N) is 2. The van der Waals surface area contributed by atoms with E-state index in [0.717, 1.165) is 12.1 Å². The van der Waals surface area contributed by atoms with Crippen molar-refractivity contribution >= 4 is 0 Å². The summed E-state index contributed by atoms with van der Waals surface area (Å²) in [6.07, 6.45) is 7.17. The van der Waals surface area contributed by atoms with E-state index in [2.05, 4.69) is 37.5 Å². The molecule has 2 rings (SSSR count). The molecular formula is C16H32N2. The first kappa shape index (κ1) is 14.3. The second-order valence-corrected chi connectivity index (χ2v) is 7.19. The number of hydrogen-bond donors (Lipinski definition) is 0. The zero-order valence-corrected chi connectivity index (χ0v) is 12.9. The lowest BCUT2D eigenvalue weighted by Crippen LogP contribution is -2.51. The van der Waals surface area contributed by atoms with E-state index in [1.807, 2.05) is 0 Å². The topological polar surface area (TPSA) is 6.48 Å². The molecule has 0 bridgehead atoms. The summed E-state index contributed by atoms with van der Waals surface area (Å²) in [6.45, 7) is 14.8. The predicted octanol–water partition coefficient (Wildman–Crippen LogP) is 3.37. The van der Waals surface area contributed by atoms with Crippen molar-refractivity contribution in [1.29, 1.82) is 0 Å². The zero-order valence-electron chi connectivity index (χ0n) is 12.9. The van der Waals surface area contributed by atoms with Crippen LogP contribution in [0.1, 0.15) is 59.8 Å². The molecule has 0 radical (unpaired) electrons. The zero-order chi connectivity index (χ0) is 13.2. The standard InChI is InChI=1S/C16H32N2/c1-14(2)17-10-6-5-8-16(12-17)9-7-11-18(13-16)15(3)4/h14-15H,5-13H2,1-4H3. The Morgan fingerprint density at radius 3 is 1.78 bits per heavy atom. The molecule has 106 valence electrons. The van der Waals surface area contributed by atoms with Crippen LogP contribution in [0.15, 0.2) is 0 Å². The molecule has 1 unspecified atom stereocenters. The van der Waals surface area contributed by atoms with Gasteiger partial charge in [0.05, 0.1) is 0 Å². The van der Waals surface area contributed by atoms with Gasteiger partial charge in [0, 0.05) is 25.2 Å². The maximum Gasteiger partial charge on any atom is 0.00529 e.